The molecule has 6 nitrogen and oxygen atoms in total. The standard InChI is InChI=1S/C13H14FN3O3/c1-7(13-8(2)16-20-9(13)3)15-11-6-10(14)4-5-12(11)17(18)19/h4-7,15H,1-3H3. The van der Waals surface area contributed by atoms with E-state index < -0.39 is 10.7 Å². The van der Waals surface area contributed by atoms with E-state index in [4.69, 9.17) is 4.52 Å². The third-order valence-electron chi connectivity index (χ3n) is 3.05. The van der Waals surface area contributed by atoms with Gasteiger partial charge in [-0.15, -0.1) is 0 Å². The molecule has 1 unspecified atom stereocenters. The van der Waals surface area contributed by atoms with Crippen LogP contribution >= 0.6 is 0 Å². The van der Waals surface area contributed by atoms with Crippen molar-refractivity contribution in [2.45, 2.75) is 26.8 Å². The first kappa shape index (κ1) is 14.0. The maximum Gasteiger partial charge on any atom is 0.292 e. The normalized spacial score (nSPS) is 12.2. The van der Waals surface area contributed by atoms with Crippen LogP contribution in [0.2, 0.25) is 0 Å². The molecule has 2 aromatic rings. The molecule has 0 saturated carbocycles. The van der Waals surface area contributed by atoms with E-state index in [0.29, 0.717) is 11.5 Å². The van der Waals surface area contributed by atoms with Crippen LogP contribution in [0, 0.1) is 29.8 Å². The molecule has 0 radical (unpaired) electrons. The number of anilines is 1. The summed E-state index contributed by atoms with van der Waals surface area (Å²) in [7, 11) is 0. The lowest BCUT2D eigenvalue weighted by molar-refractivity contribution is -0.384. The molecule has 1 atom stereocenters. The fourth-order valence-electron chi connectivity index (χ4n) is 2.20. The minimum Gasteiger partial charge on any atom is -0.373 e. The Labute approximate surface area is 114 Å². The minimum atomic E-state index is -0.554. The van der Waals surface area contributed by atoms with E-state index in [1.165, 1.54) is 0 Å². The Morgan fingerprint density at radius 2 is 2.15 bits per heavy atom. The smallest absolute Gasteiger partial charge is 0.292 e. The van der Waals surface area contributed by atoms with Gasteiger partial charge in [0.25, 0.3) is 5.69 Å². The fourth-order valence-corrected chi connectivity index (χ4v) is 2.20. The van der Waals surface area contributed by atoms with Gasteiger partial charge in [0.05, 0.1) is 16.7 Å². The zero-order valence-electron chi connectivity index (χ0n) is 11.3. The van der Waals surface area contributed by atoms with Gasteiger partial charge in [-0.2, -0.15) is 0 Å². The van der Waals surface area contributed by atoms with E-state index in [2.05, 4.69) is 10.5 Å². The Bertz CT molecular complexity index is 635. The highest BCUT2D eigenvalue weighted by molar-refractivity contribution is 5.62. The third-order valence-corrected chi connectivity index (χ3v) is 3.05. The zero-order chi connectivity index (χ0) is 14.9. The summed E-state index contributed by atoms with van der Waals surface area (Å²) in [5.74, 6) is 0.0885. The van der Waals surface area contributed by atoms with Crippen molar-refractivity contribution in [3.8, 4) is 0 Å². The summed E-state index contributed by atoms with van der Waals surface area (Å²) in [6.07, 6.45) is 0. The molecule has 106 valence electrons. The zero-order valence-corrected chi connectivity index (χ0v) is 11.3. The van der Waals surface area contributed by atoms with Crippen LogP contribution in [0.15, 0.2) is 22.7 Å². The second-order valence-corrected chi connectivity index (χ2v) is 4.52. The van der Waals surface area contributed by atoms with Gasteiger partial charge in [0.1, 0.15) is 17.3 Å². The van der Waals surface area contributed by atoms with Crippen LogP contribution < -0.4 is 5.32 Å². The summed E-state index contributed by atoms with van der Waals surface area (Å²) in [6.45, 7) is 5.35. The number of hydrogen-bond acceptors (Lipinski definition) is 5. The molecule has 0 amide bonds. The van der Waals surface area contributed by atoms with Gasteiger partial charge in [-0.05, 0) is 26.8 Å². The summed E-state index contributed by atoms with van der Waals surface area (Å²) in [5.41, 5.74) is 1.46. The van der Waals surface area contributed by atoms with E-state index in [1.807, 2.05) is 0 Å². The van der Waals surface area contributed by atoms with Gasteiger partial charge in [-0.1, -0.05) is 5.16 Å². The summed E-state index contributed by atoms with van der Waals surface area (Å²) in [5, 5.41) is 17.7. The first-order chi connectivity index (χ1) is 9.40. The van der Waals surface area contributed by atoms with E-state index >= 15 is 0 Å². The maximum absolute atomic E-state index is 13.3. The average Bonchev–Trinajstić information content (AvgIpc) is 2.68. The van der Waals surface area contributed by atoms with Crippen molar-refractivity contribution < 1.29 is 13.8 Å². The maximum atomic E-state index is 13.3. The van der Waals surface area contributed by atoms with Crippen LogP contribution in [0.5, 0.6) is 0 Å². The van der Waals surface area contributed by atoms with Gasteiger partial charge >= 0.3 is 0 Å². The van der Waals surface area contributed by atoms with Crippen molar-refractivity contribution in [3.05, 3.63) is 51.1 Å². The molecule has 20 heavy (non-hydrogen) atoms. The molecule has 0 aliphatic carbocycles. The van der Waals surface area contributed by atoms with Crippen LogP contribution in [0.1, 0.15) is 30.0 Å². The summed E-state index contributed by atoms with van der Waals surface area (Å²) < 4.78 is 18.3. The highest BCUT2D eigenvalue weighted by Crippen LogP contribution is 2.30. The van der Waals surface area contributed by atoms with Crippen molar-refractivity contribution in [3.63, 3.8) is 0 Å². The first-order valence-corrected chi connectivity index (χ1v) is 6.03. The predicted molar refractivity (Wildman–Crippen MR) is 71.1 cm³/mol. The van der Waals surface area contributed by atoms with Crippen LogP contribution in [-0.4, -0.2) is 10.1 Å². The van der Waals surface area contributed by atoms with Crippen molar-refractivity contribution in [2.24, 2.45) is 0 Å². The summed E-state index contributed by atoms with van der Waals surface area (Å²) >= 11 is 0. The Kier molecular flexibility index (Phi) is 3.69. The quantitative estimate of drug-likeness (QED) is 0.684. The number of rotatable bonds is 4. The predicted octanol–water partition coefficient (Wildman–Crippen LogP) is 3.51. The molecule has 1 aromatic carbocycles. The molecular formula is C13H14FN3O3. The number of aromatic nitrogens is 1. The molecule has 7 heteroatoms. The molecule has 0 spiro atoms. The SMILES string of the molecule is Cc1noc(C)c1C(C)Nc1cc(F)ccc1[N+](=O)[O-]. The van der Waals surface area contributed by atoms with Gasteiger partial charge < -0.3 is 9.84 Å². The second-order valence-electron chi connectivity index (χ2n) is 4.52. The van der Waals surface area contributed by atoms with Gasteiger partial charge in [-0.3, -0.25) is 10.1 Å². The van der Waals surface area contributed by atoms with Crippen molar-refractivity contribution in [2.75, 3.05) is 5.32 Å². The molecule has 0 fully saturated rings. The van der Waals surface area contributed by atoms with Gasteiger partial charge in [0.2, 0.25) is 0 Å². The largest absolute Gasteiger partial charge is 0.373 e. The number of nitro groups is 1. The van der Waals surface area contributed by atoms with E-state index in [1.54, 1.807) is 20.8 Å². The van der Waals surface area contributed by atoms with E-state index in [-0.39, 0.29) is 17.4 Å². The second kappa shape index (κ2) is 5.28. The van der Waals surface area contributed by atoms with Crippen LogP contribution in [0.25, 0.3) is 0 Å². The van der Waals surface area contributed by atoms with Crippen LogP contribution in [0.4, 0.5) is 15.8 Å². The minimum absolute atomic E-state index is 0.127. The third kappa shape index (κ3) is 2.61. The number of nitrogens with one attached hydrogen (secondary N) is 1. The highest BCUT2D eigenvalue weighted by atomic mass is 19.1. The van der Waals surface area contributed by atoms with E-state index in [0.717, 1.165) is 23.8 Å². The Morgan fingerprint density at radius 3 is 2.70 bits per heavy atom. The Hall–Kier alpha value is -2.44. The summed E-state index contributed by atoms with van der Waals surface area (Å²) in [6, 6.07) is 3.01. The molecule has 1 aromatic heterocycles. The topological polar surface area (TPSA) is 81.2 Å². The van der Waals surface area contributed by atoms with Gasteiger partial charge in [0, 0.05) is 17.7 Å². The van der Waals surface area contributed by atoms with Gasteiger partial charge in [-0.25, -0.2) is 4.39 Å². The summed E-state index contributed by atoms with van der Waals surface area (Å²) in [4.78, 5) is 10.4. The molecule has 1 N–H and O–H groups in total. The van der Waals surface area contributed by atoms with Crippen LogP contribution in [0.3, 0.4) is 0 Å². The molecule has 0 saturated heterocycles. The molecule has 0 aliphatic rings. The lowest BCUT2D eigenvalue weighted by Crippen LogP contribution is -2.10. The monoisotopic (exact) mass is 279 g/mol. The molecule has 2 rings (SSSR count). The van der Waals surface area contributed by atoms with Crippen molar-refractivity contribution in [1.29, 1.82) is 0 Å². The number of hydrogen-bond donors (Lipinski definition) is 1. The molecular weight excluding hydrogens is 265 g/mol. The van der Waals surface area contributed by atoms with Crippen molar-refractivity contribution >= 4 is 11.4 Å². The fraction of sp³-hybridized carbons (Fsp3) is 0.308. The lowest BCUT2D eigenvalue weighted by Gasteiger charge is -2.15. The number of nitro benzene ring substituents is 1. The Morgan fingerprint density at radius 1 is 1.45 bits per heavy atom. The molecule has 0 bridgehead atoms. The lowest BCUT2D eigenvalue weighted by atomic mass is 10.1. The van der Waals surface area contributed by atoms with Gasteiger partial charge in [0.15, 0.2) is 0 Å². The molecule has 0 aliphatic heterocycles. The number of aryl methyl sites for hydroxylation is 2. The Balaban J connectivity index is 2.35. The van der Waals surface area contributed by atoms with E-state index in [9.17, 15) is 14.5 Å². The highest BCUT2D eigenvalue weighted by Gasteiger charge is 2.20. The number of benzene rings is 1. The number of halogens is 1. The molecule has 1 heterocycles. The number of nitrogens with zero attached hydrogens (tertiary/aromatic N) is 2. The first-order valence-electron chi connectivity index (χ1n) is 6.03. The average molecular weight is 279 g/mol. The van der Waals surface area contributed by atoms with Crippen LogP contribution in [-0.2, 0) is 0 Å². The van der Waals surface area contributed by atoms with Crippen molar-refractivity contribution in [1.82, 2.24) is 5.16 Å².